The van der Waals surface area contributed by atoms with E-state index in [2.05, 4.69) is 6.07 Å². The molecule has 1 heterocycles. The summed E-state index contributed by atoms with van der Waals surface area (Å²) in [4.78, 5) is 0. The molecule has 0 bridgehead atoms. The van der Waals surface area contributed by atoms with Gasteiger partial charge in [0.15, 0.2) is 0 Å². The van der Waals surface area contributed by atoms with Crippen molar-refractivity contribution >= 4 is 18.0 Å². The van der Waals surface area contributed by atoms with Crippen molar-refractivity contribution in [3.05, 3.63) is 51.2 Å². The molecule has 4 heteroatoms. The van der Waals surface area contributed by atoms with E-state index in [1.54, 1.807) is 0 Å². The summed E-state index contributed by atoms with van der Waals surface area (Å²) in [5.74, 6) is 0.466. The molecule has 3 nitrogen and oxygen atoms in total. The smallest absolute Gasteiger partial charge is 0.127 e. The molecule has 0 amide bonds. The van der Waals surface area contributed by atoms with Crippen molar-refractivity contribution in [2.75, 3.05) is 5.73 Å². The van der Waals surface area contributed by atoms with Crippen LogP contribution in [-0.4, -0.2) is 4.57 Å². The van der Waals surface area contributed by atoms with Gasteiger partial charge in [0.05, 0.1) is 5.56 Å². The minimum absolute atomic E-state index is 0.466. The summed E-state index contributed by atoms with van der Waals surface area (Å²) in [7, 11) is 0. The maximum atomic E-state index is 9.51. The maximum Gasteiger partial charge on any atom is 0.127 e. The molecule has 21 heavy (non-hydrogen) atoms. The van der Waals surface area contributed by atoms with Gasteiger partial charge in [0, 0.05) is 5.69 Å². The van der Waals surface area contributed by atoms with E-state index in [-0.39, 0.29) is 0 Å². The van der Waals surface area contributed by atoms with Gasteiger partial charge in [-0.05, 0) is 61.4 Å². The van der Waals surface area contributed by atoms with Gasteiger partial charge >= 0.3 is 0 Å². The molecule has 1 aromatic carbocycles. The van der Waals surface area contributed by atoms with Crippen molar-refractivity contribution in [3.8, 4) is 11.8 Å². The predicted molar refractivity (Wildman–Crippen MR) is 87.1 cm³/mol. The number of nitrogens with two attached hydrogens (primary N) is 1. The number of aromatic nitrogens is 1. The van der Waals surface area contributed by atoms with Gasteiger partial charge in [0.2, 0.25) is 0 Å². The highest BCUT2D eigenvalue weighted by molar-refractivity contribution is 7.71. The van der Waals surface area contributed by atoms with Crippen LogP contribution in [0.2, 0.25) is 0 Å². The number of benzene rings is 1. The number of nitriles is 1. The number of anilines is 1. The lowest BCUT2D eigenvalue weighted by molar-refractivity contribution is 0.674. The van der Waals surface area contributed by atoms with Crippen LogP contribution in [0.15, 0.2) is 24.3 Å². The molecule has 106 valence electrons. The zero-order valence-corrected chi connectivity index (χ0v) is 12.8. The Kier molecular flexibility index (Phi) is 3.52. The van der Waals surface area contributed by atoms with Crippen molar-refractivity contribution in [2.24, 2.45) is 0 Å². The third-order valence-electron chi connectivity index (χ3n) is 4.10. The van der Waals surface area contributed by atoms with Crippen molar-refractivity contribution in [1.82, 2.24) is 4.57 Å². The zero-order valence-electron chi connectivity index (χ0n) is 12.0. The Bertz CT molecular complexity index is 812. The standard InChI is InChI=1S/C17H17N3S/c1-11-5-4-6-12(9-11)20-16(19)15(10-18)13-7-2-3-8-14(13)17(20)21/h4-6,9H,2-3,7-8,19H2,1H3. The average Bonchev–Trinajstić information content (AvgIpc) is 2.48. The fraction of sp³-hybridized carbons (Fsp3) is 0.294. The summed E-state index contributed by atoms with van der Waals surface area (Å²) in [6.45, 7) is 2.03. The predicted octanol–water partition coefficient (Wildman–Crippen LogP) is 3.85. The molecule has 2 aromatic rings. The lowest BCUT2D eigenvalue weighted by Gasteiger charge is -2.22. The molecular formula is C17H17N3S. The third kappa shape index (κ3) is 2.24. The Hall–Kier alpha value is -2.12. The van der Waals surface area contributed by atoms with Crippen LogP contribution in [0.3, 0.4) is 0 Å². The van der Waals surface area contributed by atoms with Crippen LogP contribution in [0, 0.1) is 22.9 Å². The van der Waals surface area contributed by atoms with Gasteiger partial charge in [-0.15, -0.1) is 0 Å². The summed E-state index contributed by atoms with van der Waals surface area (Å²) in [6.07, 6.45) is 4.07. The summed E-state index contributed by atoms with van der Waals surface area (Å²) in [5.41, 5.74) is 11.1. The molecule has 0 fully saturated rings. The fourth-order valence-corrected chi connectivity index (χ4v) is 3.51. The van der Waals surface area contributed by atoms with Crippen molar-refractivity contribution in [3.63, 3.8) is 0 Å². The molecule has 3 rings (SSSR count). The van der Waals surface area contributed by atoms with E-state index >= 15 is 0 Å². The summed E-state index contributed by atoms with van der Waals surface area (Å²) >= 11 is 5.67. The van der Waals surface area contributed by atoms with E-state index in [4.69, 9.17) is 18.0 Å². The number of nitrogens with zero attached hydrogens (tertiary/aromatic N) is 2. The second kappa shape index (κ2) is 5.34. The Balaban J connectivity index is 2.37. The Morgan fingerprint density at radius 2 is 1.95 bits per heavy atom. The molecule has 1 aliphatic rings. The quantitative estimate of drug-likeness (QED) is 0.813. The van der Waals surface area contributed by atoms with Crippen LogP contribution in [0.1, 0.15) is 35.1 Å². The molecule has 1 aromatic heterocycles. The van der Waals surface area contributed by atoms with E-state index in [1.807, 2.05) is 35.8 Å². The van der Waals surface area contributed by atoms with Gasteiger partial charge in [-0.2, -0.15) is 5.26 Å². The lowest BCUT2D eigenvalue weighted by Crippen LogP contribution is -2.16. The first-order valence-corrected chi connectivity index (χ1v) is 7.57. The van der Waals surface area contributed by atoms with Crippen LogP contribution < -0.4 is 5.73 Å². The number of rotatable bonds is 1. The molecule has 1 aliphatic carbocycles. The largest absolute Gasteiger partial charge is 0.384 e. The van der Waals surface area contributed by atoms with Crippen LogP contribution in [0.5, 0.6) is 0 Å². The van der Waals surface area contributed by atoms with Crippen molar-refractivity contribution in [1.29, 1.82) is 5.26 Å². The molecule has 2 N–H and O–H groups in total. The van der Waals surface area contributed by atoms with Crippen LogP contribution >= 0.6 is 12.2 Å². The highest BCUT2D eigenvalue weighted by atomic mass is 32.1. The second-order valence-electron chi connectivity index (χ2n) is 5.52. The van der Waals surface area contributed by atoms with Crippen LogP contribution in [0.25, 0.3) is 5.69 Å². The number of pyridine rings is 1. The normalized spacial score (nSPS) is 13.5. The highest BCUT2D eigenvalue weighted by Crippen LogP contribution is 2.31. The number of nitrogen functional groups attached to an aromatic ring is 1. The molecule has 0 radical (unpaired) electrons. The van der Waals surface area contributed by atoms with Crippen LogP contribution in [0.4, 0.5) is 5.82 Å². The fourth-order valence-electron chi connectivity index (χ4n) is 3.08. The van der Waals surface area contributed by atoms with Crippen molar-refractivity contribution < 1.29 is 0 Å². The summed E-state index contributed by atoms with van der Waals surface area (Å²) in [6, 6.07) is 10.3. The molecule has 0 saturated carbocycles. The number of hydrogen-bond acceptors (Lipinski definition) is 3. The van der Waals surface area contributed by atoms with Gasteiger partial charge in [0.25, 0.3) is 0 Å². The van der Waals surface area contributed by atoms with Crippen molar-refractivity contribution in [2.45, 2.75) is 32.6 Å². The monoisotopic (exact) mass is 295 g/mol. The van der Waals surface area contributed by atoms with Gasteiger partial charge in [-0.3, -0.25) is 4.57 Å². The molecule has 0 saturated heterocycles. The summed E-state index contributed by atoms with van der Waals surface area (Å²) < 4.78 is 2.61. The molecular weight excluding hydrogens is 278 g/mol. The second-order valence-corrected chi connectivity index (χ2v) is 5.90. The molecule has 0 aliphatic heterocycles. The summed E-state index contributed by atoms with van der Waals surface area (Å²) in [5, 5.41) is 9.51. The Labute approximate surface area is 129 Å². The van der Waals surface area contributed by atoms with Gasteiger partial charge in [-0.25, -0.2) is 0 Å². The maximum absolute atomic E-state index is 9.51. The zero-order chi connectivity index (χ0) is 15.0. The lowest BCUT2D eigenvalue weighted by atomic mass is 9.89. The highest BCUT2D eigenvalue weighted by Gasteiger charge is 2.21. The number of aryl methyl sites for hydroxylation is 1. The van der Waals surface area contributed by atoms with E-state index in [0.717, 1.165) is 52.7 Å². The average molecular weight is 295 g/mol. The first kappa shape index (κ1) is 13.8. The van der Waals surface area contributed by atoms with Gasteiger partial charge in [-0.1, -0.05) is 24.4 Å². The van der Waals surface area contributed by atoms with E-state index < -0.39 is 0 Å². The first-order valence-electron chi connectivity index (χ1n) is 7.17. The van der Waals surface area contributed by atoms with Gasteiger partial charge < -0.3 is 5.73 Å². The van der Waals surface area contributed by atoms with Gasteiger partial charge in [0.1, 0.15) is 16.5 Å². The Morgan fingerprint density at radius 3 is 2.62 bits per heavy atom. The van der Waals surface area contributed by atoms with E-state index in [9.17, 15) is 5.26 Å². The number of fused-ring (bicyclic) bond motifs is 1. The first-order chi connectivity index (χ1) is 10.1. The number of hydrogen-bond donors (Lipinski definition) is 1. The van der Waals surface area contributed by atoms with E-state index in [0.29, 0.717) is 11.4 Å². The molecule has 0 spiro atoms. The van der Waals surface area contributed by atoms with E-state index in [1.165, 1.54) is 0 Å². The molecule has 0 unspecified atom stereocenters. The third-order valence-corrected chi connectivity index (χ3v) is 4.53. The Morgan fingerprint density at radius 1 is 1.24 bits per heavy atom. The molecule has 0 atom stereocenters. The SMILES string of the molecule is Cc1cccc(-n2c(N)c(C#N)c3c(c2=S)CCCC3)c1. The van der Waals surface area contributed by atoms with Crippen LogP contribution in [-0.2, 0) is 12.8 Å². The minimum atomic E-state index is 0.466. The topological polar surface area (TPSA) is 54.7 Å². The minimum Gasteiger partial charge on any atom is -0.384 e.